The molecule has 1 saturated carbocycles. The van der Waals surface area contributed by atoms with Gasteiger partial charge in [-0.3, -0.25) is 4.99 Å². The molecule has 0 amide bonds. The summed E-state index contributed by atoms with van der Waals surface area (Å²) in [5, 5.41) is 6.64. The molecule has 134 valence electrons. The number of rotatable bonds is 5. The summed E-state index contributed by atoms with van der Waals surface area (Å²) in [4.78, 5) is 4.24. The number of nitrogens with one attached hydrogen (secondary N) is 2. The van der Waals surface area contributed by atoms with E-state index in [0.717, 1.165) is 13.0 Å². The highest BCUT2D eigenvalue weighted by Gasteiger charge is 2.42. The molecular weight excluding hydrogens is 437 g/mol. The van der Waals surface area contributed by atoms with Gasteiger partial charge in [0.15, 0.2) is 15.8 Å². The van der Waals surface area contributed by atoms with Crippen molar-refractivity contribution in [2.45, 2.75) is 31.7 Å². The minimum atomic E-state index is -2.87. The quantitative estimate of drug-likeness (QED) is 0.398. The fourth-order valence-electron chi connectivity index (χ4n) is 3.19. The van der Waals surface area contributed by atoms with Crippen molar-refractivity contribution in [1.82, 2.24) is 10.6 Å². The summed E-state index contributed by atoms with van der Waals surface area (Å²) < 4.78 is 23.1. The van der Waals surface area contributed by atoms with Crippen molar-refractivity contribution >= 4 is 39.8 Å². The van der Waals surface area contributed by atoms with Gasteiger partial charge in [0.25, 0.3) is 0 Å². The first-order chi connectivity index (χ1) is 11.0. The molecule has 1 aliphatic carbocycles. The highest BCUT2D eigenvalue weighted by molar-refractivity contribution is 14.0. The normalized spacial score (nSPS) is 24.0. The molecule has 7 heteroatoms. The van der Waals surface area contributed by atoms with Gasteiger partial charge in [0, 0.05) is 19.6 Å². The minimum Gasteiger partial charge on any atom is -0.356 e. The first kappa shape index (κ1) is 19.5. The van der Waals surface area contributed by atoms with E-state index >= 15 is 0 Å². The van der Waals surface area contributed by atoms with Crippen molar-refractivity contribution in [1.29, 1.82) is 0 Å². The number of sulfone groups is 1. The van der Waals surface area contributed by atoms with Crippen molar-refractivity contribution in [2.75, 3.05) is 25.1 Å². The van der Waals surface area contributed by atoms with Crippen molar-refractivity contribution < 1.29 is 8.42 Å². The maximum atomic E-state index is 11.5. The van der Waals surface area contributed by atoms with Gasteiger partial charge in [-0.25, -0.2) is 8.42 Å². The van der Waals surface area contributed by atoms with Crippen molar-refractivity contribution in [2.24, 2.45) is 10.4 Å². The topological polar surface area (TPSA) is 70.6 Å². The fraction of sp³-hybridized carbons (Fsp3) is 0.588. The Balaban J connectivity index is 0.00000208. The molecule has 1 saturated heterocycles. The lowest BCUT2D eigenvalue weighted by atomic mass is 9.96. The van der Waals surface area contributed by atoms with Crippen LogP contribution < -0.4 is 10.6 Å². The predicted molar refractivity (Wildman–Crippen MR) is 109 cm³/mol. The summed E-state index contributed by atoms with van der Waals surface area (Å²) in [5.41, 5.74) is 1.69. The minimum absolute atomic E-state index is 0. The number of benzene rings is 1. The monoisotopic (exact) mass is 463 g/mol. The lowest BCUT2D eigenvalue weighted by Gasteiger charge is -2.20. The van der Waals surface area contributed by atoms with Crippen molar-refractivity contribution in [3.63, 3.8) is 0 Å². The van der Waals surface area contributed by atoms with Crippen LogP contribution in [-0.2, 0) is 16.3 Å². The smallest absolute Gasteiger partial charge is 0.191 e. The summed E-state index contributed by atoms with van der Waals surface area (Å²) in [5.74, 6) is 1.20. The molecule has 1 unspecified atom stereocenters. The largest absolute Gasteiger partial charge is 0.356 e. The van der Waals surface area contributed by atoms with Crippen LogP contribution in [0.5, 0.6) is 0 Å². The van der Waals surface area contributed by atoms with Crippen LogP contribution in [0.2, 0.25) is 0 Å². The number of hydrogen-bond acceptors (Lipinski definition) is 3. The third-order valence-corrected chi connectivity index (χ3v) is 6.57. The van der Waals surface area contributed by atoms with Gasteiger partial charge in [0.05, 0.1) is 11.5 Å². The zero-order chi connectivity index (χ0) is 16.3. The molecule has 2 aliphatic rings. The van der Waals surface area contributed by atoms with Gasteiger partial charge in [-0.15, -0.1) is 24.0 Å². The van der Waals surface area contributed by atoms with E-state index in [1.54, 1.807) is 7.05 Å². The Bertz CT molecular complexity index is 672. The van der Waals surface area contributed by atoms with E-state index in [0.29, 0.717) is 17.8 Å². The maximum absolute atomic E-state index is 11.5. The molecule has 2 fully saturated rings. The van der Waals surface area contributed by atoms with Crippen LogP contribution in [0.4, 0.5) is 0 Å². The first-order valence-corrected chi connectivity index (χ1v) is 10.0. The summed E-state index contributed by atoms with van der Waals surface area (Å²) in [6.45, 7) is 0.876. The van der Waals surface area contributed by atoms with Gasteiger partial charge in [-0.05, 0) is 36.7 Å². The molecule has 0 spiro atoms. The number of nitrogens with zero attached hydrogens (tertiary/aromatic N) is 1. The Morgan fingerprint density at radius 3 is 2.54 bits per heavy atom. The second-order valence-corrected chi connectivity index (χ2v) is 9.06. The molecule has 1 aromatic rings. The van der Waals surface area contributed by atoms with Gasteiger partial charge >= 0.3 is 0 Å². The van der Waals surface area contributed by atoms with Gasteiger partial charge in [0.1, 0.15) is 0 Å². The second-order valence-electron chi connectivity index (χ2n) is 6.83. The van der Waals surface area contributed by atoms with Gasteiger partial charge in [-0.1, -0.05) is 30.3 Å². The summed E-state index contributed by atoms with van der Waals surface area (Å²) >= 11 is 0. The van der Waals surface area contributed by atoms with Gasteiger partial charge < -0.3 is 10.6 Å². The van der Waals surface area contributed by atoms with Gasteiger partial charge in [0.2, 0.25) is 0 Å². The molecule has 0 aromatic heterocycles. The molecule has 1 atom stereocenters. The van der Waals surface area contributed by atoms with E-state index in [9.17, 15) is 8.42 Å². The Morgan fingerprint density at radius 2 is 2.00 bits per heavy atom. The fourth-order valence-corrected chi connectivity index (χ4v) is 4.86. The third-order valence-electron chi connectivity index (χ3n) is 4.81. The molecular formula is C17H26IN3O2S. The molecule has 3 rings (SSSR count). The third kappa shape index (κ3) is 5.34. The zero-order valence-electron chi connectivity index (χ0n) is 14.0. The predicted octanol–water partition coefficient (Wildman–Crippen LogP) is 1.98. The molecule has 1 aliphatic heterocycles. The van der Waals surface area contributed by atoms with Crippen molar-refractivity contribution in [3.8, 4) is 0 Å². The molecule has 1 heterocycles. The van der Waals surface area contributed by atoms with Gasteiger partial charge in [-0.2, -0.15) is 0 Å². The highest BCUT2D eigenvalue weighted by atomic mass is 127. The average molecular weight is 463 g/mol. The maximum Gasteiger partial charge on any atom is 0.191 e. The van der Waals surface area contributed by atoms with Crippen LogP contribution >= 0.6 is 24.0 Å². The second kappa shape index (κ2) is 8.03. The molecule has 2 N–H and O–H groups in total. The summed E-state index contributed by atoms with van der Waals surface area (Å²) in [6, 6.07) is 10.5. The van der Waals surface area contributed by atoms with Crippen LogP contribution in [0.25, 0.3) is 0 Å². The Morgan fingerprint density at radius 1 is 1.29 bits per heavy atom. The lowest BCUT2D eigenvalue weighted by molar-refractivity contribution is 0.489. The van der Waals surface area contributed by atoms with Crippen LogP contribution in [0.1, 0.15) is 24.8 Å². The molecule has 0 bridgehead atoms. The average Bonchev–Trinajstić information content (AvgIpc) is 3.20. The van der Waals surface area contributed by atoms with E-state index in [1.807, 2.05) is 6.07 Å². The van der Waals surface area contributed by atoms with E-state index in [4.69, 9.17) is 0 Å². The highest BCUT2D eigenvalue weighted by Crippen LogP contribution is 2.47. The van der Waals surface area contributed by atoms with Crippen LogP contribution in [-0.4, -0.2) is 45.5 Å². The summed E-state index contributed by atoms with van der Waals surface area (Å²) in [7, 11) is -1.13. The Labute approximate surface area is 161 Å². The number of hydrogen-bond donors (Lipinski definition) is 2. The number of guanidine groups is 1. The SMILES string of the molecule is CN=C(NCC1(Cc2ccccc2)CC1)NC1CCS(=O)(=O)C1.I. The molecule has 0 radical (unpaired) electrons. The van der Waals surface area contributed by atoms with E-state index in [1.165, 1.54) is 18.4 Å². The van der Waals surface area contributed by atoms with E-state index < -0.39 is 9.84 Å². The van der Waals surface area contributed by atoms with Crippen LogP contribution in [0.15, 0.2) is 35.3 Å². The number of aliphatic imine (C=N–C) groups is 1. The molecule has 24 heavy (non-hydrogen) atoms. The van der Waals surface area contributed by atoms with E-state index in [-0.39, 0.29) is 41.5 Å². The lowest BCUT2D eigenvalue weighted by Crippen LogP contribution is -2.45. The van der Waals surface area contributed by atoms with Crippen LogP contribution in [0, 0.1) is 5.41 Å². The zero-order valence-corrected chi connectivity index (χ0v) is 17.1. The van der Waals surface area contributed by atoms with Crippen molar-refractivity contribution in [3.05, 3.63) is 35.9 Å². The number of halogens is 1. The Hall–Kier alpha value is -0.830. The molecule has 1 aromatic carbocycles. The van der Waals surface area contributed by atoms with Crippen LogP contribution in [0.3, 0.4) is 0 Å². The molecule has 5 nitrogen and oxygen atoms in total. The first-order valence-electron chi connectivity index (χ1n) is 8.22. The summed E-state index contributed by atoms with van der Waals surface area (Å²) in [6.07, 6.45) is 4.20. The standard InChI is InChI=1S/C17H25N3O2S.HI/c1-18-16(20-15-7-10-23(21,22)12-15)19-13-17(8-9-17)11-14-5-3-2-4-6-14;/h2-6,15H,7-13H2,1H3,(H2,18,19,20);1H. The van der Waals surface area contributed by atoms with E-state index in [2.05, 4.69) is 39.9 Å². The Kier molecular flexibility index (Phi) is 6.52.